The molecule has 6 rings (SSSR count). The Morgan fingerprint density at radius 3 is 2.50 bits per heavy atom. The molecule has 44 heavy (non-hydrogen) atoms. The fourth-order valence-corrected chi connectivity index (χ4v) is 5.95. The van der Waals surface area contributed by atoms with E-state index in [-0.39, 0.29) is 28.9 Å². The first kappa shape index (κ1) is 29.2. The highest BCUT2D eigenvalue weighted by atomic mass is 32.2. The second kappa shape index (κ2) is 11.3. The van der Waals surface area contributed by atoms with E-state index in [1.807, 2.05) is 24.3 Å². The first-order chi connectivity index (χ1) is 21.0. The molecule has 1 aliphatic rings. The summed E-state index contributed by atoms with van der Waals surface area (Å²) in [5, 5.41) is 10.1. The molecule has 1 amide bonds. The van der Waals surface area contributed by atoms with Crippen LogP contribution in [0.25, 0.3) is 27.7 Å². The Labute approximate surface area is 253 Å². The van der Waals surface area contributed by atoms with Crippen LogP contribution in [0.5, 0.6) is 5.75 Å². The van der Waals surface area contributed by atoms with E-state index in [9.17, 15) is 22.8 Å². The maximum atomic E-state index is 13.4. The number of thioether (sulfide) groups is 1. The number of rotatable bonds is 6. The molecule has 0 radical (unpaired) electrons. The largest absolute Gasteiger partial charge is 0.573 e. The van der Waals surface area contributed by atoms with Gasteiger partial charge in [-0.25, -0.2) is 14.2 Å². The van der Waals surface area contributed by atoms with Crippen molar-refractivity contribution in [3.63, 3.8) is 0 Å². The van der Waals surface area contributed by atoms with Crippen molar-refractivity contribution < 1.29 is 22.7 Å². The van der Waals surface area contributed by atoms with Crippen molar-refractivity contribution in [1.82, 2.24) is 14.2 Å². The molecule has 224 valence electrons. The van der Waals surface area contributed by atoms with Gasteiger partial charge in [0.1, 0.15) is 5.75 Å². The normalized spacial score (nSPS) is 15.1. The molecule has 1 aliphatic heterocycles. The van der Waals surface area contributed by atoms with E-state index in [1.54, 1.807) is 40.9 Å². The fourth-order valence-electron chi connectivity index (χ4n) is 5.13. The molecule has 3 aromatic carbocycles. The molecule has 0 N–H and O–H groups in total. The first-order valence-corrected chi connectivity index (χ1v) is 14.5. The zero-order chi connectivity index (χ0) is 31.2. The topological polar surface area (TPSA) is 93.6 Å². The molecule has 5 aromatic rings. The van der Waals surface area contributed by atoms with Crippen LogP contribution < -0.4 is 15.2 Å². The number of amides is 1. The Hall–Kier alpha value is -4.91. The number of para-hydroxylation sites is 1. The highest BCUT2D eigenvalue weighted by Crippen LogP contribution is 2.33. The number of fused-ring (bicyclic) bond motifs is 3. The molecule has 2 aromatic heterocycles. The number of benzene rings is 3. The molecule has 1 saturated heterocycles. The Bertz CT molecular complexity index is 2030. The van der Waals surface area contributed by atoms with Gasteiger partial charge >= 0.3 is 6.36 Å². The summed E-state index contributed by atoms with van der Waals surface area (Å²) in [6.45, 7) is 4.13. The number of carbonyl (C=O) groups is 1. The number of imidazole rings is 1. The SMILES string of the molecule is CC(C)c1ccccc1N1C(=O)CS/C1=N\N=C\c1ccc2c(c1)c(=O)n(C)n1c(-c3ccc(OC(F)(F)F)cc3)cnc21. The number of amidine groups is 1. The van der Waals surface area contributed by atoms with Gasteiger partial charge in [0, 0.05) is 18.0 Å². The summed E-state index contributed by atoms with van der Waals surface area (Å²) >= 11 is 1.31. The van der Waals surface area contributed by atoms with E-state index < -0.39 is 6.36 Å². The van der Waals surface area contributed by atoms with E-state index >= 15 is 0 Å². The summed E-state index contributed by atoms with van der Waals surface area (Å²) in [5.41, 5.74) is 3.71. The van der Waals surface area contributed by atoms with Gasteiger partial charge in [0.15, 0.2) is 10.8 Å². The van der Waals surface area contributed by atoms with Gasteiger partial charge in [-0.2, -0.15) is 5.10 Å². The smallest absolute Gasteiger partial charge is 0.406 e. The summed E-state index contributed by atoms with van der Waals surface area (Å²) in [4.78, 5) is 32.3. The van der Waals surface area contributed by atoms with Crippen LogP contribution in [0.4, 0.5) is 18.9 Å². The van der Waals surface area contributed by atoms with Gasteiger partial charge in [-0.05, 0) is 59.5 Å². The van der Waals surface area contributed by atoms with Gasteiger partial charge in [-0.3, -0.25) is 14.5 Å². The van der Waals surface area contributed by atoms with Crippen molar-refractivity contribution in [3.05, 3.63) is 94.4 Å². The summed E-state index contributed by atoms with van der Waals surface area (Å²) in [6, 6.07) is 18.3. The van der Waals surface area contributed by atoms with E-state index in [0.717, 1.165) is 11.3 Å². The van der Waals surface area contributed by atoms with Crippen LogP contribution in [0.1, 0.15) is 30.9 Å². The average molecular weight is 619 g/mol. The maximum Gasteiger partial charge on any atom is 0.573 e. The van der Waals surface area contributed by atoms with Crippen molar-refractivity contribution in [1.29, 1.82) is 0 Å². The van der Waals surface area contributed by atoms with Crippen LogP contribution in [0, 0.1) is 0 Å². The molecule has 0 bridgehead atoms. The predicted molar refractivity (Wildman–Crippen MR) is 166 cm³/mol. The Morgan fingerprint density at radius 2 is 1.77 bits per heavy atom. The van der Waals surface area contributed by atoms with Crippen molar-refractivity contribution in [2.75, 3.05) is 10.7 Å². The number of hydrogen-bond donors (Lipinski definition) is 0. The monoisotopic (exact) mass is 618 g/mol. The highest BCUT2D eigenvalue weighted by Gasteiger charge is 2.32. The van der Waals surface area contributed by atoms with Crippen molar-refractivity contribution in [2.24, 2.45) is 17.3 Å². The lowest BCUT2D eigenvalue weighted by Gasteiger charge is -2.20. The van der Waals surface area contributed by atoms with Gasteiger partial charge in [-0.1, -0.05) is 49.9 Å². The van der Waals surface area contributed by atoms with Crippen molar-refractivity contribution >= 4 is 51.2 Å². The molecule has 0 spiro atoms. The lowest BCUT2D eigenvalue weighted by molar-refractivity contribution is -0.274. The Morgan fingerprint density at radius 1 is 1.02 bits per heavy atom. The third kappa shape index (κ3) is 5.46. The molecule has 1 fully saturated rings. The number of nitrogens with zero attached hydrogens (tertiary/aromatic N) is 6. The quantitative estimate of drug-likeness (QED) is 0.164. The Balaban J connectivity index is 1.32. The molecular weight excluding hydrogens is 593 g/mol. The molecule has 0 aliphatic carbocycles. The van der Waals surface area contributed by atoms with Crippen molar-refractivity contribution in [3.8, 4) is 17.0 Å². The van der Waals surface area contributed by atoms with E-state index in [1.165, 1.54) is 46.9 Å². The molecule has 9 nitrogen and oxygen atoms in total. The third-order valence-corrected chi connectivity index (χ3v) is 8.06. The highest BCUT2D eigenvalue weighted by molar-refractivity contribution is 8.15. The van der Waals surface area contributed by atoms with Gasteiger partial charge in [-0.15, -0.1) is 18.3 Å². The minimum Gasteiger partial charge on any atom is -0.406 e. The molecule has 0 atom stereocenters. The predicted octanol–water partition coefficient (Wildman–Crippen LogP) is 6.35. The minimum atomic E-state index is -4.79. The van der Waals surface area contributed by atoms with Crippen LogP contribution in [-0.4, -0.2) is 43.6 Å². The number of aryl methyl sites for hydroxylation is 1. The Kier molecular flexibility index (Phi) is 7.49. The molecule has 0 saturated carbocycles. The standard InChI is InChI=1S/C31H25F3N6O3S/c1-18(2)22-6-4-5-7-25(22)39-27(41)17-44-30(39)37-36-15-19-8-13-23-24(14-19)29(42)38(3)40-26(16-35-28(23)40)20-9-11-21(12-10-20)43-31(32,33)34/h4-16,18H,17H2,1-3H3/b36-15+,37-30-. The number of aromatic nitrogens is 3. The van der Waals surface area contributed by atoms with Gasteiger partial charge in [0.25, 0.3) is 5.56 Å². The summed E-state index contributed by atoms with van der Waals surface area (Å²) in [6.07, 6.45) is -1.71. The number of alkyl halides is 3. The number of anilines is 1. The summed E-state index contributed by atoms with van der Waals surface area (Å²) in [7, 11) is 1.59. The van der Waals surface area contributed by atoms with Gasteiger partial charge in [0.05, 0.1) is 34.9 Å². The number of carbonyl (C=O) groups excluding carboxylic acids is 1. The summed E-state index contributed by atoms with van der Waals surface area (Å²) < 4.78 is 44.7. The molecular formula is C31H25F3N6O3S. The van der Waals surface area contributed by atoms with E-state index in [0.29, 0.717) is 38.4 Å². The van der Waals surface area contributed by atoms with Gasteiger partial charge in [0.2, 0.25) is 5.91 Å². The molecule has 3 heterocycles. The number of halogens is 3. The maximum absolute atomic E-state index is 13.4. The van der Waals surface area contributed by atoms with Crippen LogP contribution >= 0.6 is 11.8 Å². The van der Waals surface area contributed by atoms with Crippen molar-refractivity contribution in [2.45, 2.75) is 26.1 Å². The van der Waals surface area contributed by atoms with Crippen LogP contribution in [0.3, 0.4) is 0 Å². The van der Waals surface area contributed by atoms with Gasteiger partial charge < -0.3 is 4.74 Å². The lowest BCUT2D eigenvalue weighted by Crippen LogP contribution is -2.30. The summed E-state index contributed by atoms with van der Waals surface area (Å²) in [5.74, 6) is 0.0612. The van der Waals surface area contributed by atoms with E-state index in [4.69, 9.17) is 0 Å². The second-order valence-corrected chi connectivity index (χ2v) is 11.3. The van der Waals surface area contributed by atoms with Crippen LogP contribution in [0.2, 0.25) is 0 Å². The second-order valence-electron chi connectivity index (χ2n) is 10.3. The fraction of sp³-hybridized carbons (Fsp3) is 0.194. The minimum absolute atomic E-state index is 0.0695. The zero-order valence-corrected chi connectivity index (χ0v) is 24.6. The first-order valence-electron chi connectivity index (χ1n) is 13.5. The van der Waals surface area contributed by atoms with E-state index in [2.05, 4.69) is 33.8 Å². The number of ether oxygens (including phenoxy) is 1. The molecule has 0 unspecified atom stereocenters. The third-order valence-electron chi connectivity index (χ3n) is 7.15. The zero-order valence-electron chi connectivity index (χ0n) is 23.7. The molecule has 13 heteroatoms. The van der Waals surface area contributed by atoms with Crippen LogP contribution in [-0.2, 0) is 11.8 Å². The average Bonchev–Trinajstić information content (AvgIpc) is 3.59. The number of hydrogen-bond acceptors (Lipinski definition) is 7. The van der Waals surface area contributed by atoms with Crippen LogP contribution in [0.15, 0.2) is 87.9 Å². The lowest BCUT2D eigenvalue weighted by atomic mass is 10.0.